The molecule has 4 rings (SSSR count). The fraction of sp³-hybridized carbons (Fsp3) is 0.375. The number of hydrogen-bond acceptors (Lipinski definition) is 2. The van der Waals surface area contributed by atoms with Crippen LogP contribution in [0, 0.1) is 19.8 Å². The summed E-state index contributed by atoms with van der Waals surface area (Å²) in [5.41, 5.74) is 4.10. The summed E-state index contributed by atoms with van der Waals surface area (Å²) in [6, 6.07) is 17.7. The van der Waals surface area contributed by atoms with Gasteiger partial charge in [-0.25, -0.2) is 4.98 Å². The zero-order chi connectivity index (χ0) is 18.1. The minimum Gasteiger partial charge on any atom is -0.356 e. The second-order valence-corrected chi connectivity index (χ2v) is 7.93. The van der Waals surface area contributed by atoms with Crippen molar-refractivity contribution in [2.75, 3.05) is 18.0 Å². The predicted molar refractivity (Wildman–Crippen MR) is 111 cm³/mol. The van der Waals surface area contributed by atoms with Crippen molar-refractivity contribution in [1.82, 2.24) is 4.98 Å². The Morgan fingerprint density at radius 1 is 1.08 bits per heavy atom. The van der Waals surface area contributed by atoms with Crippen LogP contribution in [0.15, 0.2) is 54.7 Å². The highest BCUT2D eigenvalue weighted by Gasteiger charge is 2.26. The number of hydrogen-bond donors (Lipinski definition) is 0. The van der Waals surface area contributed by atoms with Crippen molar-refractivity contribution in [3.8, 4) is 0 Å². The van der Waals surface area contributed by atoms with Crippen molar-refractivity contribution in [1.29, 1.82) is 0 Å². The fourth-order valence-electron chi connectivity index (χ4n) is 4.32. The van der Waals surface area contributed by atoms with Gasteiger partial charge in [-0.3, -0.25) is 0 Å². The van der Waals surface area contributed by atoms with E-state index in [0.717, 1.165) is 24.8 Å². The predicted octanol–water partition coefficient (Wildman–Crippen LogP) is 5.87. The Morgan fingerprint density at radius 3 is 2.73 bits per heavy atom. The number of aryl methyl sites for hydroxylation is 2. The molecular weight excluding hydrogens is 316 g/mol. The number of pyridine rings is 1. The third-order valence-electron chi connectivity index (χ3n) is 6.01. The SMILES string of the molecule is Cc1cnc(N2CC[C@@H](C[C@H](C)c3cccc4ccccc34)C2)cc1C. The van der Waals surface area contributed by atoms with Crippen molar-refractivity contribution in [3.63, 3.8) is 0 Å². The number of aromatic nitrogens is 1. The van der Waals surface area contributed by atoms with Gasteiger partial charge in [0.05, 0.1) is 0 Å². The standard InChI is InChI=1S/C24H28N2/c1-17-14-24(25-15-19(17)3)26-12-11-20(16-26)13-18(2)22-10-6-8-21-7-4-5-9-23(21)22/h4-10,14-15,18,20H,11-13,16H2,1-3H3/t18-,20-/m0/s1. The lowest BCUT2D eigenvalue weighted by Gasteiger charge is -2.21. The van der Waals surface area contributed by atoms with Crippen molar-refractivity contribution in [2.24, 2.45) is 5.92 Å². The molecule has 2 heterocycles. The van der Waals surface area contributed by atoms with E-state index in [1.807, 2.05) is 6.20 Å². The molecule has 1 fully saturated rings. The molecule has 2 heteroatoms. The Bertz CT molecular complexity index is 910. The van der Waals surface area contributed by atoms with Crippen LogP contribution in [0.1, 0.15) is 42.4 Å². The van der Waals surface area contributed by atoms with Crippen LogP contribution >= 0.6 is 0 Å². The van der Waals surface area contributed by atoms with Gasteiger partial charge in [0.25, 0.3) is 0 Å². The molecule has 0 bridgehead atoms. The second kappa shape index (κ2) is 7.11. The van der Waals surface area contributed by atoms with Gasteiger partial charge in [-0.05, 0) is 72.1 Å². The third-order valence-corrected chi connectivity index (χ3v) is 6.01. The zero-order valence-electron chi connectivity index (χ0n) is 16.1. The van der Waals surface area contributed by atoms with E-state index in [2.05, 4.69) is 79.2 Å². The van der Waals surface area contributed by atoms with Gasteiger partial charge >= 0.3 is 0 Å². The summed E-state index contributed by atoms with van der Waals surface area (Å²) >= 11 is 0. The highest BCUT2D eigenvalue weighted by Crippen LogP contribution is 2.34. The molecule has 0 unspecified atom stereocenters. The first kappa shape index (κ1) is 17.1. The van der Waals surface area contributed by atoms with Gasteiger partial charge in [-0.15, -0.1) is 0 Å². The topological polar surface area (TPSA) is 16.1 Å². The lowest BCUT2D eigenvalue weighted by Crippen LogP contribution is -2.21. The number of anilines is 1. The monoisotopic (exact) mass is 344 g/mol. The highest BCUT2D eigenvalue weighted by molar-refractivity contribution is 5.86. The summed E-state index contributed by atoms with van der Waals surface area (Å²) in [5, 5.41) is 2.76. The van der Waals surface area contributed by atoms with Gasteiger partial charge in [0, 0.05) is 19.3 Å². The van der Waals surface area contributed by atoms with Crippen LogP contribution in [0.5, 0.6) is 0 Å². The van der Waals surface area contributed by atoms with E-state index in [4.69, 9.17) is 0 Å². The van der Waals surface area contributed by atoms with Gasteiger partial charge < -0.3 is 4.90 Å². The van der Waals surface area contributed by atoms with Crippen LogP contribution in [-0.4, -0.2) is 18.1 Å². The smallest absolute Gasteiger partial charge is 0.128 e. The lowest BCUT2D eigenvalue weighted by molar-refractivity contribution is 0.489. The van der Waals surface area contributed by atoms with Gasteiger partial charge in [0.2, 0.25) is 0 Å². The zero-order valence-corrected chi connectivity index (χ0v) is 16.1. The minimum absolute atomic E-state index is 0.582. The Hall–Kier alpha value is -2.35. The lowest BCUT2D eigenvalue weighted by atomic mass is 9.87. The van der Waals surface area contributed by atoms with Crippen molar-refractivity contribution >= 4 is 16.6 Å². The van der Waals surface area contributed by atoms with E-state index in [0.29, 0.717) is 5.92 Å². The quantitative estimate of drug-likeness (QED) is 0.588. The van der Waals surface area contributed by atoms with E-state index in [9.17, 15) is 0 Å². The molecule has 1 aromatic heterocycles. The van der Waals surface area contributed by atoms with E-state index in [-0.39, 0.29) is 0 Å². The van der Waals surface area contributed by atoms with Crippen LogP contribution in [-0.2, 0) is 0 Å². The van der Waals surface area contributed by atoms with Gasteiger partial charge in [-0.1, -0.05) is 49.4 Å². The summed E-state index contributed by atoms with van der Waals surface area (Å²) in [5.74, 6) is 2.47. The van der Waals surface area contributed by atoms with E-state index in [1.54, 1.807) is 0 Å². The van der Waals surface area contributed by atoms with Crippen molar-refractivity contribution in [3.05, 3.63) is 71.4 Å². The summed E-state index contributed by atoms with van der Waals surface area (Å²) in [6.07, 6.45) is 4.52. The Kier molecular flexibility index (Phi) is 4.67. The molecular formula is C24H28N2. The number of fused-ring (bicyclic) bond motifs is 1. The molecule has 0 N–H and O–H groups in total. The highest BCUT2D eigenvalue weighted by atomic mass is 15.2. The van der Waals surface area contributed by atoms with E-state index >= 15 is 0 Å². The molecule has 0 amide bonds. The molecule has 1 aliphatic rings. The van der Waals surface area contributed by atoms with Crippen LogP contribution in [0.25, 0.3) is 10.8 Å². The Balaban J connectivity index is 1.47. The number of rotatable bonds is 4. The molecule has 3 aromatic rings. The van der Waals surface area contributed by atoms with E-state index in [1.165, 1.54) is 40.3 Å². The van der Waals surface area contributed by atoms with Crippen LogP contribution in [0.4, 0.5) is 5.82 Å². The molecule has 26 heavy (non-hydrogen) atoms. The Labute approximate surface area is 156 Å². The first-order valence-corrected chi connectivity index (χ1v) is 9.77. The van der Waals surface area contributed by atoms with Crippen LogP contribution < -0.4 is 4.90 Å². The molecule has 0 saturated carbocycles. The largest absolute Gasteiger partial charge is 0.356 e. The van der Waals surface area contributed by atoms with E-state index < -0.39 is 0 Å². The third kappa shape index (κ3) is 3.33. The van der Waals surface area contributed by atoms with Gasteiger partial charge in [-0.2, -0.15) is 0 Å². The van der Waals surface area contributed by atoms with Crippen molar-refractivity contribution < 1.29 is 0 Å². The maximum atomic E-state index is 4.66. The molecule has 134 valence electrons. The van der Waals surface area contributed by atoms with Gasteiger partial charge in [0.1, 0.15) is 5.82 Å². The molecule has 1 aliphatic heterocycles. The molecule has 0 radical (unpaired) electrons. The summed E-state index contributed by atoms with van der Waals surface area (Å²) in [4.78, 5) is 7.12. The second-order valence-electron chi connectivity index (χ2n) is 7.93. The Morgan fingerprint density at radius 2 is 1.88 bits per heavy atom. The molecule has 0 spiro atoms. The number of nitrogens with zero attached hydrogens (tertiary/aromatic N) is 2. The average molecular weight is 345 g/mol. The molecule has 2 atom stereocenters. The normalized spacial score (nSPS) is 18.4. The molecule has 2 nitrogen and oxygen atoms in total. The van der Waals surface area contributed by atoms with Gasteiger partial charge in [0.15, 0.2) is 0 Å². The first-order valence-electron chi connectivity index (χ1n) is 9.77. The minimum atomic E-state index is 0.582. The molecule has 2 aromatic carbocycles. The summed E-state index contributed by atoms with van der Waals surface area (Å²) < 4.78 is 0. The average Bonchev–Trinajstić information content (AvgIpc) is 3.12. The van der Waals surface area contributed by atoms with Crippen LogP contribution in [0.3, 0.4) is 0 Å². The summed E-state index contributed by atoms with van der Waals surface area (Å²) in [6.45, 7) is 8.95. The van der Waals surface area contributed by atoms with Crippen LogP contribution in [0.2, 0.25) is 0 Å². The van der Waals surface area contributed by atoms with Crippen molar-refractivity contribution in [2.45, 2.75) is 39.5 Å². The maximum absolute atomic E-state index is 4.66. The number of benzene rings is 2. The molecule has 1 saturated heterocycles. The first-order chi connectivity index (χ1) is 12.6. The fourth-order valence-corrected chi connectivity index (χ4v) is 4.32. The maximum Gasteiger partial charge on any atom is 0.128 e. The summed E-state index contributed by atoms with van der Waals surface area (Å²) in [7, 11) is 0. The molecule has 0 aliphatic carbocycles.